The number of benzene rings is 2. The molecule has 0 aliphatic carbocycles. The molecule has 0 aromatic heterocycles. The van der Waals surface area contributed by atoms with Crippen LogP contribution < -0.4 is 20.5 Å². The number of rotatable bonds is 7. The summed E-state index contributed by atoms with van der Waals surface area (Å²) in [6.07, 6.45) is 0. The number of nitrogens with zero attached hydrogens (tertiary/aromatic N) is 1. The molecule has 27 heavy (non-hydrogen) atoms. The van der Waals surface area contributed by atoms with Gasteiger partial charge in [0.05, 0.1) is 20.8 Å². The first-order valence-electron chi connectivity index (χ1n) is 8.04. The van der Waals surface area contributed by atoms with Crippen molar-refractivity contribution in [3.63, 3.8) is 0 Å². The molecule has 0 heterocycles. The van der Waals surface area contributed by atoms with E-state index in [0.29, 0.717) is 29.3 Å². The normalized spacial score (nSPS) is 9.78. The van der Waals surface area contributed by atoms with Crippen LogP contribution in [-0.2, 0) is 11.3 Å². The number of likely N-dealkylation sites (N-methyl/N-ethyl adjacent to an activating group) is 1. The maximum atomic E-state index is 12.4. The molecule has 0 atom stereocenters. The number of methoxy groups -OCH3 is 2. The lowest BCUT2D eigenvalue weighted by molar-refractivity contribution is -0.116. The molecular weight excluding hydrogens is 370 g/mol. The summed E-state index contributed by atoms with van der Waals surface area (Å²) in [5, 5.41) is 2.74. The van der Waals surface area contributed by atoms with Crippen LogP contribution in [0.3, 0.4) is 0 Å². The minimum Gasteiger partial charge on any atom is -0.497 e. The molecule has 0 unspecified atom stereocenters. The van der Waals surface area contributed by atoms with Crippen LogP contribution in [-0.4, -0.2) is 44.5 Å². The average Bonchev–Trinajstić information content (AvgIpc) is 2.66. The molecule has 2 amide bonds. The minimum atomic E-state index is -0.324. The lowest BCUT2D eigenvalue weighted by Crippen LogP contribution is -2.34. The Morgan fingerprint density at radius 3 is 2.07 bits per heavy atom. The van der Waals surface area contributed by atoms with Gasteiger partial charge in [-0.2, -0.15) is 0 Å². The van der Waals surface area contributed by atoms with E-state index in [-0.39, 0.29) is 30.8 Å². The van der Waals surface area contributed by atoms with Crippen LogP contribution in [0.4, 0.5) is 5.69 Å². The zero-order chi connectivity index (χ0) is 19.1. The van der Waals surface area contributed by atoms with E-state index >= 15 is 0 Å². The van der Waals surface area contributed by atoms with Gasteiger partial charge in [-0.3, -0.25) is 9.59 Å². The second kappa shape index (κ2) is 10.4. The second-order valence-corrected chi connectivity index (χ2v) is 5.71. The maximum absolute atomic E-state index is 12.4. The first-order chi connectivity index (χ1) is 12.5. The van der Waals surface area contributed by atoms with E-state index in [9.17, 15) is 9.59 Å². The fourth-order valence-corrected chi connectivity index (χ4v) is 2.37. The highest BCUT2D eigenvalue weighted by Gasteiger charge is 2.15. The van der Waals surface area contributed by atoms with Crippen LogP contribution in [0, 0.1) is 0 Å². The molecule has 0 radical (unpaired) electrons. The van der Waals surface area contributed by atoms with Gasteiger partial charge < -0.3 is 25.4 Å². The van der Waals surface area contributed by atoms with Crippen molar-refractivity contribution in [2.45, 2.75) is 6.54 Å². The van der Waals surface area contributed by atoms with Crippen LogP contribution in [0.1, 0.15) is 15.9 Å². The molecule has 0 spiro atoms. The summed E-state index contributed by atoms with van der Waals surface area (Å²) in [4.78, 5) is 26.0. The molecule has 0 saturated heterocycles. The van der Waals surface area contributed by atoms with Gasteiger partial charge in [-0.05, 0) is 17.7 Å². The third-order valence-corrected chi connectivity index (χ3v) is 3.80. The fourth-order valence-electron chi connectivity index (χ4n) is 2.37. The Balaban J connectivity index is 0.00000364. The Hall–Kier alpha value is -2.77. The summed E-state index contributed by atoms with van der Waals surface area (Å²) in [5.41, 5.74) is 7.52. The summed E-state index contributed by atoms with van der Waals surface area (Å²) in [7, 11) is 4.64. The number of nitrogens with one attached hydrogen (secondary N) is 1. The van der Waals surface area contributed by atoms with Crippen molar-refractivity contribution in [3.8, 4) is 11.5 Å². The highest BCUT2D eigenvalue weighted by Crippen LogP contribution is 2.25. The molecule has 8 heteroatoms. The predicted octanol–water partition coefficient (Wildman–Crippen LogP) is 2.30. The van der Waals surface area contributed by atoms with Crippen LogP contribution in [0.5, 0.6) is 11.5 Å². The Labute approximate surface area is 164 Å². The fraction of sp³-hybridized carbons (Fsp3) is 0.263. The van der Waals surface area contributed by atoms with E-state index in [4.69, 9.17) is 15.2 Å². The molecule has 7 nitrogen and oxygen atoms in total. The van der Waals surface area contributed by atoms with Crippen LogP contribution in [0.15, 0.2) is 42.5 Å². The predicted molar refractivity (Wildman–Crippen MR) is 107 cm³/mol. The van der Waals surface area contributed by atoms with Crippen LogP contribution in [0.25, 0.3) is 0 Å². The first-order valence-corrected chi connectivity index (χ1v) is 8.04. The number of carbonyl (C=O) groups is 2. The quantitative estimate of drug-likeness (QED) is 0.752. The van der Waals surface area contributed by atoms with Gasteiger partial charge in [-0.15, -0.1) is 12.4 Å². The molecule has 0 bridgehead atoms. The third kappa shape index (κ3) is 6.16. The van der Waals surface area contributed by atoms with Crippen LogP contribution in [0.2, 0.25) is 0 Å². The SMILES string of the molecule is COc1cc(NC(=O)CN(C)C(=O)c2ccc(CN)cc2)cc(OC)c1.Cl. The van der Waals surface area contributed by atoms with E-state index in [0.717, 1.165) is 5.56 Å². The Kier molecular flexibility index (Phi) is 8.58. The zero-order valence-corrected chi connectivity index (χ0v) is 16.3. The van der Waals surface area contributed by atoms with Crippen molar-refractivity contribution in [1.29, 1.82) is 0 Å². The van der Waals surface area contributed by atoms with E-state index in [1.165, 1.54) is 19.1 Å². The molecule has 0 aliphatic rings. The second-order valence-electron chi connectivity index (χ2n) is 5.71. The van der Waals surface area contributed by atoms with Crippen molar-refractivity contribution in [3.05, 3.63) is 53.6 Å². The van der Waals surface area contributed by atoms with Gasteiger partial charge in [0, 0.05) is 43.0 Å². The first kappa shape index (κ1) is 22.3. The molecule has 3 N–H and O–H groups in total. The highest BCUT2D eigenvalue weighted by molar-refractivity contribution is 5.99. The number of ether oxygens (including phenoxy) is 2. The van der Waals surface area contributed by atoms with Gasteiger partial charge in [0.25, 0.3) is 5.91 Å². The molecule has 2 rings (SSSR count). The van der Waals surface area contributed by atoms with Gasteiger partial charge in [0.1, 0.15) is 11.5 Å². The topological polar surface area (TPSA) is 93.9 Å². The number of amides is 2. The molecule has 0 fully saturated rings. The van der Waals surface area contributed by atoms with E-state index in [2.05, 4.69) is 5.32 Å². The minimum absolute atomic E-state index is 0. The van der Waals surface area contributed by atoms with Gasteiger partial charge in [-0.1, -0.05) is 12.1 Å². The zero-order valence-electron chi connectivity index (χ0n) is 15.5. The number of nitrogens with two attached hydrogens (primary N) is 1. The van der Waals surface area contributed by atoms with Gasteiger partial charge in [0.2, 0.25) is 5.91 Å². The number of carbonyl (C=O) groups excluding carboxylic acids is 2. The maximum Gasteiger partial charge on any atom is 0.254 e. The smallest absolute Gasteiger partial charge is 0.254 e. The van der Waals surface area contributed by atoms with E-state index in [1.807, 2.05) is 0 Å². The Bertz CT molecular complexity index is 759. The molecular formula is C19H24ClN3O4. The summed E-state index contributed by atoms with van der Waals surface area (Å²) >= 11 is 0. The molecule has 2 aromatic carbocycles. The number of anilines is 1. The lowest BCUT2D eigenvalue weighted by atomic mass is 10.1. The standard InChI is InChI=1S/C19H23N3O4.ClH/c1-22(19(24)14-6-4-13(11-20)5-7-14)12-18(23)21-15-8-16(25-2)10-17(9-15)26-3;/h4-10H,11-12,20H2,1-3H3,(H,21,23);1H. The van der Waals surface area contributed by atoms with Crippen molar-refractivity contribution in [1.82, 2.24) is 4.90 Å². The van der Waals surface area contributed by atoms with Gasteiger partial charge >= 0.3 is 0 Å². The van der Waals surface area contributed by atoms with Crippen molar-refractivity contribution in [2.24, 2.45) is 5.73 Å². The van der Waals surface area contributed by atoms with Crippen molar-refractivity contribution in [2.75, 3.05) is 33.1 Å². The molecule has 146 valence electrons. The Morgan fingerprint density at radius 1 is 1.04 bits per heavy atom. The summed E-state index contributed by atoms with van der Waals surface area (Å²) in [5.74, 6) is 0.551. The summed E-state index contributed by atoms with van der Waals surface area (Å²) < 4.78 is 10.3. The Morgan fingerprint density at radius 2 is 1.59 bits per heavy atom. The number of hydrogen-bond donors (Lipinski definition) is 2. The van der Waals surface area contributed by atoms with E-state index < -0.39 is 0 Å². The summed E-state index contributed by atoms with van der Waals surface area (Å²) in [6.45, 7) is 0.327. The van der Waals surface area contributed by atoms with Gasteiger partial charge in [0.15, 0.2) is 0 Å². The highest BCUT2D eigenvalue weighted by atomic mass is 35.5. The molecule has 2 aromatic rings. The molecule has 0 saturated carbocycles. The van der Waals surface area contributed by atoms with Gasteiger partial charge in [-0.25, -0.2) is 0 Å². The summed E-state index contributed by atoms with van der Waals surface area (Å²) in [6, 6.07) is 12.0. The average molecular weight is 394 g/mol. The van der Waals surface area contributed by atoms with Crippen molar-refractivity contribution < 1.29 is 19.1 Å². The van der Waals surface area contributed by atoms with E-state index in [1.54, 1.807) is 49.5 Å². The number of halogens is 1. The number of hydrogen-bond acceptors (Lipinski definition) is 5. The van der Waals surface area contributed by atoms with Crippen molar-refractivity contribution >= 4 is 29.9 Å². The third-order valence-electron chi connectivity index (χ3n) is 3.80. The molecule has 0 aliphatic heterocycles. The monoisotopic (exact) mass is 393 g/mol. The lowest BCUT2D eigenvalue weighted by Gasteiger charge is -2.17. The van der Waals surface area contributed by atoms with Crippen LogP contribution >= 0.6 is 12.4 Å². The largest absolute Gasteiger partial charge is 0.497 e.